The van der Waals surface area contributed by atoms with Crippen molar-refractivity contribution < 1.29 is 14.3 Å². The lowest BCUT2D eigenvalue weighted by molar-refractivity contribution is 0.0714. The van der Waals surface area contributed by atoms with Crippen molar-refractivity contribution in [2.45, 2.75) is 45.1 Å². The minimum Gasteiger partial charge on any atom is -0.441 e. The van der Waals surface area contributed by atoms with Crippen molar-refractivity contribution in [3.63, 3.8) is 0 Å². The number of aromatic nitrogens is 1. The van der Waals surface area contributed by atoms with E-state index in [1.165, 1.54) is 0 Å². The molecule has 0 saturated carbocycles. The third-order valence-corrected chi connectivity index (χ3v) is 4.41. The molecule has 1 amide bonds. The molecule has 0 aliphatic rings. The van der Waals surface area contributed by atoms with Gasteiger partial charge in [0.05, 0.1) is 5.60 Å². The molecule has 142 valence electrons. The lowest BCUT2D eigenvalue weighted by atomic mass is 9.98. The summed E-state index contributed by atoms with van der Waals surface area (Å²) in [6, 6.07) is 15.2. The summed E-state index contributed by atoms with van der Waals surface area (Å²) in [6.07, 6.45) is 2.84. The zero-order valence-corrected chi connectivity index (χ0v) is 15.9. The molecule has 3 rings (SSSR count). The fourth-order valence-corrected chi connectivity index (χ4v) is 2.89. The van der Waals surface area contributed by atoms with Gasteiger partial charge in [-0.25, -0.2) is 4.98 Å². The predicted octanol–water partition coefficient (Wildman–Crippen LogP) is 3.89. The van der Waals surface area contributed by atoms with Gasteiger partial charge in [-0.15, -0.1) is 0 Å². The number of nitrogens with zero attached hydrogens (tertiary/aromatic N) is 1. The zero-order chi connectivity index (χ0) is 19.3. The molecule has 2 N–H and O–H groups in total. The second-order valence-electron chi connectivity index (χ2n) is 7.45. The van der Waals surface area contributed by atoms with Crippen molar-refractivity contribution in [3.8, 4) is 0 Å². The smallest absolute Gasteiger partial charge is 0.251 e. The van der Waals surface area contributed by atoms with E-state index in [1.54, 1.807) is 13.8 Å². The maximum Gasteiger partial charge on any atom is 0.251 e. The minimum absolute atomic E-state index is 0.0855. The number of para-hydroxylation sites is 2. The number of hydrogen-bond acceptors (Lipinski definition) is 4. The molecule has 0 spiro atoms. The van der Waals surface area contributed by atoms with Crippen molar-refractivity contribution in [2.24, 2.45) is 0 Å². The van der Waals surface area contributed by atoms with E-state index in [0.29, 0.717) is 30.8 Å². The second kappa shape index (κ2) is 8.35. The Labute approximate surface area is 159 Å². The highest BCUT2D eigenvalue weighted by Crippen LogP contribution is 2.16. The summed E-state index contributed by atoms with van der Waals surface area (Å²) in [5.41, 5.74) is 2.64. The van der Waals surface area contributed by atoms with Gasteiger partial charge in [0.2, 0.25) is 0 Å². The van der Waals surface area contributed by atoms with Crippen LogP contribution in [0.1, 0.15) is 48.5 Å². The highest BCUT2D eigenvalue weighted by atomic mass is 16.3. The molecule has 0 aliphatic carbocycles. The van der Waals surface area contributed by atoms with E-state index in [0.717, 1.165) is 29.5 Å². The van der Waals surface area contributed by atoms with Crippen LogP contribution in [0, 0.1) is 0 Å². The fourth-order valence-electron chi connectivity index (χ4n) is 2.89. The maximum atomic E-state index is 12.4. The number of aliphatic hydroxyl groups is 1. The molecule has 0 unspecified atom stereocenters. The standard InChI is InChI=1S/C22H26N2O3/c1-22(2,26)13-12-16-7-5-8-17(15-16)21(25)23-14-6-11-20-24-18-9-3-4-10-19(18)27-20/h3-5,7-10,15,26H,6,11-14H2,1-2H3,(H,23,25). The third kappa shape index (κ3) is 5.66. The van der Waals surface area contributed by atoms with Crippen LogP contribution in [0.4, 0.5) is 0 Å². The summed E-state index contributed by atoms with van der Waals surface area (Å²) in [4.78, 5) is 16.8. The van der Waals surface area contributed by atoms with Crippen molar-refractivity contribution in [1.29, 1.82) is 0 Å². The lowest BCUT2D eigenvalue weighted by Crippen LogP contribution is -2.25. The number of hydrogen-bond donors (Lipinski definition) is 2. The van der Waals surface area contributed by atoms with Gasteiger partial charge in [0.25, 0.3) is 5.91 Å². The Kier molecular flexibility index (Phi) is 5.91. The summed E-state index contributed by atoms with van der Waals surface area (Å²) >= 11 is 0. The van der Waals surface area contributed by atoms with Crippen LogP contribution in [0.15, 0.2) is 52.9 Å². The van der Waals surface area contributed by atoms with Crippen LogP contribution >= 0.6 is 0 Å². The monoisotopic (exact) mass is 366 g/mol. The number of benzene rings is 2. The van der Waals surface area contributed by atoms with Crippen molar-refractivity contribution in [1.82, 2.24) is 10.3 Å². The SMILES string of the molecule is CC(C)(O)CCc1cccc(C(=O)NCCCc2nc3ccccc3o2)c1. The first-order chi connectivity index (χ1) is 12.9. The number of fused-ring (bicyclic) bond motifs is 1. The number of carbonyl (C=O) groups excluding carboxylic acids is 1. The fraction of sp³-hybridized carbons (Fsp3) is 0.364. The molecule has 0 atom stereocenters. The van der Waals surface area contributed by atoms with E-state index in [1.807, 2.05) is 48.5 Å². The molecule has 0 fully saturated rings. The molecule has 3 aromatic rings. The van der Waals surface area contributed by atoms with Crippen LogP contribution in [-0.2, 0) is 12.8 Å². The number of amides is 1. The molecule has 5 heteroatoms. The highest BCUT2D eigenvalue weighted by molar-refractivity contribution is 5.94. The van der Waals surface area contributed by atoms with Gasteiger partial charge in [-0.1, -0.05) is 24.3 Å². The van der Waals surface area contributed by atoms with Gasteiger partial charge in [-0.05, 0) is 62.9 Å². The van der Waals surface area contributed by atoms with E-state index >= 15 is 0 Å². The molecule has 27 heavy (non-hydrogen) atoms. The molecule has 1 aromatic heterocycles. The van der Waals surface area contributed by atoms with Crippen LogP contribution in [0.5, 0.6) is 0 Å². The van der Waals surface area contributed by atoms with Crippen LogP contribution in [0.2, 0.25) is 0 Å². The first kappa shape index (κ1) is 19.1. The molecular formula is C22H26N2O3. The molecule has 0 radical (unpaired) electrons. The molecule has 0 aliphatic heterocycles. The van der Waals surface area contributed by atoms with E-state index in [2.05, 4.69) is 10.3 Å². The van der Waals surface area contributed by atoms with Gasteiger partial charge in [0.15, 0.2) is 11.5 Å². The van der Waals surface area contributed by atoms with Gasteiger partial charge in [-0.2, -0.15) is 0 Å². The quantitative estimate of drug-likeness (QED) is 0.593. The van der Waals surface area contributed by atoms with Crippen LogP contribution < -0.4 is 5.32 Å². The maximum absolute atomic E-state index is 12.4. The number of carbonyl (C=O) groups is 1. The largest absolute Gasteiger partial charge is 0.441 e. The lowest BCUT2D eigenvalue weighted by Gasteiger charge is -2.16. The number of aryl methyl sites for hydroxylation is 2. The Hall–Kier alpha value is -2.66. The molecule has 5 nitrogen and oxygen atoms in total. The Balaban J connectivity index is 1.47. The van der Waals surface area contributed by atoms with E-state index in [-0.39, 0.29) is 5.91 Å². The average molecular weight is 366 g/mol. The van der Waals surface area contributed by atoms with Gasteiger partial charge in [0, 0.05) is 18.5 Å². The number of nitrogens with one attached hydrogen (secondary N) is 1. The second-order valence-corrected chi connectivity index (χ2v) is 7.45. The molecular weight excluding hydrogens is 340 g/mol. The Bertz CT molecular complexity index is 876. The number of oxazole rings is 1. The highest BCUT2D eigenvalue weighted by Gasteiger charge is 2.13. The van der Waals surface area contributed by atoms with Gasteiger partial charge in [-0.3, -0.25) is 4.79 Å². The van der Waals surface area contributed by atoms with E-state index in [4.69, 9.17) is 4.42 Å². The number of rotatable bonds is 8. The zero-order valence-electron chi connectivity index (χ0n) is 15.9. The Morgan fingerprint density at radius 1 is 1.15 bits per heavy atom. The van der Waals surface area contributed by atoms with Crippen molar-refractivity contribution in [2.75, 3.05) is 6.54 Å². The first-order valence-electron chi connectivity index (χ1n) is 9.35. The summed E-state index contributed by atoms with van der Waals surface area (Å²) < 4.78 is 5.69. The summed E-state index contributed by atoms with van der Waals surface area (Å²) in [5, 5.41) is 12.8. The molecule has 1 heterocycles. The average Bonchev–Trinajstić information content (AvgIpc) is 3.06. The third-order valence-electron chi connectivity index (χ3n) is 4.41. The van der Waals surface area contributed by atoms with Crippen LogP contribution in [0.25, 0.3) is 11.1 Å². The first-order valence-corrected chi connectivity index (χ1v) is 9.35. The van der Waals surface area contributed by atoms with Crippen molar-refractivity contribution in [3.05, 3.63) is 65.5 Å². The van der Waals surface area contributed by atoms with Crippen molar-refractivity contribution >= 4 is 17.0 Å². The van der Waals surface area contributed by atoms with E-state index < -0.39 is 5.60 Å². The normalized spacial score (nSPS) is 11.7. The summed E-state index contributed by atoms with van der Waals surface area (Å²) in [6.45, 7) is 4.15. The molecule has 2 aromatic carbocycles. The minimum atomic E-state index is -0.705. The molecule has 0 bridgehead atoms. The van der Waals surface area contributed by atoms with Gasteiger partial charge < -0.3 is 14.8 Å². The van der Waals surface area contributed by atoms with E-state index in [9.17, 15) is 9.90 Å². The Morgan fingerprint density at radius 2 is 1.96 bits per heavy atom. The topological polar surface area (TPSA) is 75.4 Å². The van der Waals surface area contributed by atoms with Crippen LogP contribution in [0.3, 0.4) is 0 Å². The summed E-state index contributed by atoms with van der Waals surface area (Å²) in [5.74, 6) is 0.608. The predicted molar refractivity (Wildman–Crippen MR) is 106 cm³/mol. The Morgan fingerprint density at radius 3 is 2.74 bits per heavy atom. The molecule has 0 saturated heterocycles. The summed E-state index contributed by atoms with van der Waals surface area (Å²) in [7, 11) is 0. The van der Waals surface area contributed by atoms with Gasteiger partial charge in [0.1, 0.15) is 5.52 Å². The van der Waals surface area contributed by atoms with Crippen LogP contribution in [-0.4, -0.2) is 28.1 Å². The van der Waals surface area contributed by atoms with Gasteiger partial charge >= 0.3 is 0 Å².